The molecule has 0 amide bonds. The first kappa shape index (κ1) is 12.5. The zero-order valence-corrected chi connectivity index (χ0v) is 9.42. The molecule has 86 valence electrons. The van der Waals surface area contributed by atoms with Crippen LogP contribution in [0, 0.1) is 5.82 Å². The summed E-state index contributed by atoms with van der Waals surface area (Å²) in [6.45, 7) is 0. The summed E-state index contributed by atoms with van der Waals surface area (Å²) >= 11 is 5.70. The van der Waals surface area contributed by atoms with E-state index in [0.717, 1.165) is 6.07 Å². The Hall–Kier alpha value is -1.55. The van der Waals surface area contributed by atoms with Crippen LogP contribution in [0.1, 0.15) is 12.0 Å². The number of rotatable bonds is 3. The Labute approximate surface area is 97.7 Å². The van der Waals surface area contributed by atoms with Gasteiger partial charge in [-0.3, -0.25) is 4.79 Å². The molecule has 0 radical (unpaired) electrons. The Bertz CT molecular complexity index is 432. The molecular weight excluding hydrogens is 233 g/mol. The van der Waals surface area contributed by atoms with Crippen LogP contribution in [0.25, 0.3) is 6.08 Å². The van der Waals surface area contributed by atoms with Crippen LogP contribution in [-0.2, 0) is 9.53 Å². The van der Waals surface area contributed by atoms with Crippen LogP contribution in [0.4, 0.5) is 10.1 Å². The highest BCUT2D eigenvalue weighted by Crippen LogP contribution is 2.25. The van der Waals surface area contributed by atoms with Crippen LogP contribution in [0.2, 0.25) is 5.02 Å². The third-order valence-corrected chi connectivity index (χ3v) is 2.25. The van der Waals surface area contributed by atoms with Gasteiger partial charge >= 0.3 is 5.97 Å². The molecule has 5 heteroatoms. The van der Waals surface area contributed by atoms with Gasteiger partial charge in [0.1, 0.15) is 5.82 Å². The van der Waals surface area contributed by atoms with Crippen molar-refractivity contribution in [1.82, 2.24) is 0 Å². The number of ether oxygens (including phenoxy) is 1. The average Bonchev–Trinajstić information content (AvgIpc) is 2.24. The molecule has 1 aromatic rings. The summed E-state index contributed by atoms with van der Waals surface area (Å²) in [7, 11) is 1.30. The molecule has 0 spiro atoms. The van der Waals surface area contributed by atoms with Gasteiger partial charge in [-0.2, -0.15) is 0 Å². The minimum Gasteiger partial charge on any atom is -0.469 e. The van der Waals surface area contributed by atoms with Crippen molar-refractivity contribution >= 4 is 29.3 Å². The lowest BCUT2D eigenvalue weighted by atomic mass is 10.1. The van der Waals surface area contributed by atoms with Crippen LogP contribution in [0.3, 0.4) is 0 Å². The lowest BCUT2D eigenvalue weighted by Gasteiger charge is -2.03. The Morgan fingerprint density at radius 1 is 1.62 bits per heavy atom. The molecule has 0 saturated carbocycles. The van der Waals surface area contributed by atoms with Crippen LogP contribution in [0.5, 0.6) is 0 Å². The Balaban J connectivity index is 2.85. The molecule has 0 bridgehead atoms. The van der Waals surface area contributed by atoms with Crippen LogP contribution in [0.15, 0.2) is 18.2 Å². The van der Waals surface area contributed by atoms with E-state index in [2.05, 4.69) is 4.74 Å². The van der Waals surface area contributed by atoms with E-state index in [1.807, 2.05) is 0 Å². The molecule has 16 heavy (non-hydrogen) atoms. The normalized spacial score (nSPS) is 10.7. The molecule has 0 aromatic heterocycles. The van der Waals surface area contributed by atoms with E-state index in [1.54, 1.807) is 0 Å². The first-order chi connectivity index (χ1) is 7.54. The minimum atomic E-state index is -0.475. The molecule has 0 atom stereocenters. The predicted molar refractivity (Wildman–Crippen MR) is 61.5 cm³/mol. The van der Waals surface area contributed by atoms with E-state index < -0.39 is 5.82 Å². The molecule has 0 fully saturated rings. The number of nitrogens with two attached hydrogens (primary N) is 1. The molecule has 1 aromatic carbocycles. The third kappa shape index (κ3) is 3.24. The predicted octanol–water partition coefficient (Wildman–Crippen LogP) is 2.64. The number of halogens is 2. The van der Waals surface area contributed by atoms with Gasteiger partial charge in [-0.05, 0) is 12.1 Å². The van der Waals surface area contributed by atoms with Gasteiger partial charge in [-0.25, -0.2) is 4.39 Å². The van der Waals surface area contributed by atoms with Crippen molar-refractivity contribution in [2.45, 2.75) is 6.42 Å². The van der Waals surface area contributed by atoms with Crippen LogP contribution >= 0.6 is 11.6 Å². The summed E-state index contributed by atoms with van der Waals surface area (Å²) in [6, 6.07) is 2.38. The summed E-state index contributed by atoms with van der Waals surface area (Å²) < 4.78 is 17.4. The molecule has 0 saturated heterocycles. The second-order valence-corrected chi connectivity index (χ2v) is 3.48. The lowest BCUT2D eigenvalue weighted by Crippen LogP contribution is -1.97. The maximum absolute atomic E-state index is 13.0. The van der Waals surface area contributed by atoms with Gasteiger partial charge < -0.3 is 10.5 Å². The average molecular weight is 244 g/mol. The minimum absolute atomic E-state index is 0.101. The third-order valence-electron chi connectivity index (χ3n) is 1.94. The highest BCUT2D eigenvalue weighted by molar-refractivity contribution is 6.33. The van der Waals surface area contributed by atoms with Gasteiger partial charge in [0.25, 0.3) is 0 Å². The Morgan fingerprint density at radius 2 is 2.31 bits per heavy atom. The van der Waals surface area contributed by atoms with Crippen molar-refractivity contribution in [3.8, 4) is 0 Å². The second-order valence-electron chi connectivity index (χ2n) is 3.07. The van der Waals surface area contributed by atoms with Crippen molar-refractivity contribution in [1.29, 1.82) is 0 Å². The van der Waals surface area contributed by atoms with Crippen molar-refractivity contribution in [2.24, 2.45) is 0 Å². The number of methoxy groups -OCH3 is 1. The van der Waals surface area contributed by atoms with Gasteiger partial charge in [0.05, 0.1) is 24.2 Å². The first-order valence-electron chi connectivity index (χ1n) is 4.52. The number of carbonyl (C=O) groups excluding carboxylic acids is 1. The summed E-state index contributed by atoms with van der Waals surface area (Å²) in [5.74, 6) is -0.853. The van der Waals surface area contributed by atoms with E-state index in [-0.39, 0.29) is 23.1 Å². The van der Waals surface area contributed by atoms with E-state index in [0.29, 0.717) is 5.56 Å². The van der Waals surface area contributed by atoms with Gasteiger partial charge in [0, 0.05) is 5.56 Å². The van der Waals surface area contributed by atoms with E-state index in [9.17, 15) is 9.18 Å². The Kier molecular flexibility index (Phi) is 4.31. The molecule has 0 aliphatic rings. The van der Waals surface area contributed by atoms with E-state index in [1.165, 1.54) is 25.3 Å². The maximum atomic E-state index is 13.0. The number of benzene rings is 1. The molecule has 3 nitrogen and oxygen atoms in total. The molecular formula is C11H11ClFNO2. The van der Waals surface area contributed by atoms with Crippen LogP contribution < -0.4 is 5.73 Å². The second kappa shape index (κ2) is 5.51. The van der Waals surface area contributed by atoms with E-state index >= 15 is 0 Å². The van der Waals surface area contributed by atoms with Gasteiger partial charge in [0.15, 0.2) is 0 Å². The smallest absolute Gasteiger partial charge is 0.309 e. The van der Waals surface area contributed by atoms with Crippen molar-refractivity contribution in [2.75, 3.05) is 12.8 Å². The quantitative estimate of drug-likeness (QED) is 0.656. The number of nitrogen functional groups attached to an aromatic ring is 1. The van der Waals surface area contributed by atoms with Crippen molar-refractivity contribution in [3.63, 3.8) is 0 Å². The molecule has 1 rings (SSSR count). The molecule has 0 heterocycles. The zero-order valence-electron chi connectivity index (χ0n) is 8.67. The van der Waals surface area contributed by atoms with Gasteiger partial charge in [0.2, 0.25) is 0 Å². The first-order valence-corrected chi connectivity index (χ1v) is 4.90. The number of hydrogen-bond donors (Lipinski definition) is 1. The number of anilines is 1. The van der Waals surface area contributed by atoms with Crippen molar-refractivity contribution in [3.05, 3.63) is 34.6 Å². The van der Waals surface area contributed by atoms with Crippen molar-refractivity contribution < 1.29 is 13.9 Å². The van der Waals surface area contributed by atoms with Gasteiger partial charge in [-0.15, -0.1) is 0 Å². The molecule has 2 N–H and O–H groups in total. The summed E-state index contributed by atoms with van der Waals surface area (Å²) in [5.41, 5.74) is 6.36. The Morgan fingerprint density at radius 3 is 2.94 bits per heavy atom. The van der Waals surface area contributed by atoms with Gasteiger partial charge in [-0.1, -0.05) is 23.8 Å². The lowest BCUT2D eigenvalue weighted by molar-refractivity contribution is -0.139. The summed E-state index contributed by atoms with van der Waals surface area (Å²) in [4.78, 5) is 10.8. The standard InChI is InChI=1S/C11H11ClFNO2/c1-16-10(15)4-2-3-7-5-8(13)6-9(12)11(7)14/h2-3,5-6H,4,14H2,1H3. The fourth-order valence-electron chi connectivity index (χ4n) is 1.11. The van der Waals surface area contributed by atoms with Crippen LogP contribution in [-0.4, -0.2) is 13.1 Å². The fourth-order valence-corrected chi connectivity index (χ4v) is 1.32. The largest absolute Gasteiger partial charge is 0.469 e. The van der Waals surface area contributed by atoms with E-state index in [4.69, 9.17) is 17.3 Å². The monoisotopic (exact) mass is 243 g/mol. The number of carbonyl (C=O) groups is 1. The highest BCUT2D eigenvalue weighted by Gasteiger charge is 2.04. The molecule has 0 aliphatic carbocycles. The molecule has 0 unspecified atom stereocenters. The highest BCUT2D eigenvalue weighted by atomic mass is 35.5. The summed E-state index contributed by atoms with van der Waals surface area (Å²) in [6.07, 6.45) is 3.17. The summed E-state index contributed by atoms with van der Waals surface area (Å²) in [5, 5.41) is 0.151. The number of hydrogen-bond acceptors (Lipinski definition) is 3. The maximum Gasteiger partial charge on any atom is 0.309 e. The topological polar surface area (TPSA) is 52.3 Å². The zero-order chi connectivity index (χ0) is 12.1. The fraction of sp³-hybridized carbons (Fsp3) is 0.182. The molecule has 0 aliphatic heterocycles. The number of esters is 1. The SMILES string of the molecule is COC(=O)CC=Cc1cc(F)cc(Cl)c1N.